The van der Waals surface area contributed by atoms with Gasteiger partial charge in [0.25, 0.3) is 0 Å². The van der Waals surface area contributed by atoms with Gasteiger partial charge in [0.1, 0.15) is 18.2 Å². The van der Waals surface area contributed by atoms with Crippen LogP contribution >= 0.6 is 0 Å². The van der Waals surface area contributed by atoms with Crippen molar-refractivity contribution in [2.24, 2.45) is 5.16 Å². The molecule has 1 aromatic rings. The molecule has 142 valence electrons. The van der Waals surface area contributed by atoms with Crippen molar-refractivity contribution in [3.05, 3.63) is 45.5 Å². The maximum atomic E-state index is 14.4. The summed E-state index contributed by atoms with van der Waals surface area (Å²) in [4.78, 5) is 17.9. The first-order chi connectivity index (χ1) is 12.3. The summed E-state index contributed by atoms with van der Waals surface area (Å²) >= 11 is 0. The number of allylic oxidation sites excluding steroid dienone is 2. The quantitative estimate of drug-likeness (QED) is 0.559. The minimum Gasteiger partial charge on any atom is -0.511 e. The first-order valence-corrected chi connectivity index (χ1v) is 9.22. The second-order valence-corrected chi connectivity index (χ2v) is 6.92. The molecule has 0 bridgehead atoms. The van der Waals surface area contributed by atoms with Crippen LogP contribution in [0.1, 0.15) is 67.7 Å². The average Bonchev–Trinajstić information content (AvgIpc) is 2.57. The van der Waals surface area contributed by atoms with E-state index in [1.165, 1.54) is 0 Å². The molecule has 0 fully saturated rings. The Kier molecular flexibility index (Phi) is 6.57. The van der Waals surface area contributed by atoms with E-state index in [0.717, 1.165) is 17.5 Å². The fraction of sp³-hybridized carbons (Fsp3) is 0.524. The molecule has 1 aromatic carbocycles. The Hall–Kier alpha value is -2.17. The molecule has 0 heterocycles. The Morgan fingerprint density at radius 3 is 2.54 bits per heavy atom. The van der Waals surface area contributed by atoms with E-state index in [4.69, 9.17) is 4.84 Å². The number of aliphatic hydroxyl groups is 1. The molecule has 0 amide bonds. The molecule has 0 aromatic heterocycles. The Morgan fingerprint density at radius 2 is 1.96 bits per heavy atom. The molecule has 0 saturated heterocycles. The van der Waals surface area contributed by atoms with Crippen molar-refractivity contribution in [1.29, 1.82) is 0 Å². The molecule has 0 aliphatic heterocycles. The number of aliphatic hydroxyl groups excluding tert-OH is 1. The van der Waals surface area contributed by atoms with Gasteiger partial charge in [0, 0.05) is 12.8 Å². The fourth-order valence-corrected chi connectivity index (χ4v) is 3.83. The van der Waals surface area contributed by atoms with Gasteiger partial charge in [-0.25, -0.2) is 4.39 Å². The highest BCUT2D eigenvalue weighted by Gasteiger charge is 2.33. The van der Waals surface area contributed by atoms with Gasteiger partial charge in [0.2, 0.25) is 0 Å². The summed E-state index contributed by atoms with van der Waals surface area (Å²) in [7, 11) is 0. The minimum atomic E-state index is -0.239. The first-order valence-electron chi connectivity index (χ1n) is 9.22. The second kappa shape index (κ2) is 8.47. The number of carbonyl (C=O) groups excluding carboxylic acids is 1. The highest BCUT2D eigenvalue weighted by Crippen LogP contribution is 2.38. The third-order valence-electron chi connectivity index (χ3n) is 4.86. The number of carbonyl (C=O) groups is 1. The molecule has 1 aliphatic carbocycles. The van der Waals surface area contributed by atoms with Gasteiger partial charge in [-0.05, 0) is 62.3 Å². The third kappa shape index (κ3) is 3.97. The van der Waals surface area contributed by atoms with Crippen molar-refractivity contribution >= 4 is 11.5 Å². The van der Waals surface area contributed by atoms with Gasteiger partial charge >= 0.3 is 0 Å². The van der Waals surface area contributed by atoms with E-state index < -0.39 is 0 Å². The Bertz CT molecular complexity index is 765. The monoisotopic (exact) mass is 361 g/mol. The van der Waals surface area contributed by atoms with E-state index in [1.54, 1.807) is 19.9 Å². The molecule has 5 heteroatoms. The topological polar surface area (TPSA) is 58.9 Å². The molecular formula is C21H28FNO3. The number of Topliss-reactive ketones (excluding diaryl/α,β-unsaturated/α-hetero) is 1. The Balaban J connectivity index is 2.43. The van der Waals surface area contributed by atoms with Gasteiger partial charge < -0.3 is 9.94 Å². The van der Waals surface area contributed by atoms with Gasteiger partial charge in [-0.1, -0.05) is 24.6 Å². The molecule has 4 nitrogen and oxygen atoms in total. The van der Waals surface area contributed by atoms with Crippen molar-refractivity contribution in [3.63, 3.8) is 0 Å². The zero-order chi connectivity index (χ0) is 19.4. The molecule has 0 saturated carbocycles. The number of halogens is 1. The fourth-order valence-electron chi connectivity index (χ4n) is 3.83. The summed E-state index contributed by atoms with van der Waals surface area (Å²) in [6.45, 7) is 9.61. The SMILES string of the molecule is CCC/C(=N\OCC)C1=C(O)CC(c2c(C)cc(C)c(F)c2C)CC1=O. The van der Waals surface area contributed by atoms with E-state index in [1.807, 2.05) is 20.8 Å². The van der Waals surface area contributed by atoms with Gasteiger partial charge in [0.05, 0.1) is 11.3 Å². The van der Waals surface area contributed by atoms with Crippen molar-refractivity contribution in [1.82, 2.24) is 0 Å². The van der Waals surface area contributed by atoms with Gasteiger partial charge in [-0.15, -0.1) is 0 Å². The third-order valence-corrected chi connectivity index (χ3v) is 4.86. The van der Waals surface area contributed by atoms with Crippen molar-refractivity contribution < 1.29 is 19.1 Å². The number of hydrogen-bond acceptors (Lipinski definition) is 4. The van der Waals surface area contributed by atoms with E-state index in [2.05, 4.69) is 5.16 Å². The summed E-state index contributed by atoms with van der Waals surface area (Å²) in [5, 5.41) is 14.6. The molecule has 1 atom stereocenters. The maximum Gasteiger partial charge on any atom is 0.168 e. The van der Waals surface area contributed by atoms with Crippen LogP contribution in [0.15, 0.2) is 22.6 Å². The van der Waals surface area contributed by atoms with E-state index in [9.17, 15) is 14.3 Å². The summed E-state index contributed by atoms with van der Waals surface area (Å²) in [6, 6.07) is 1.80. The Morgan fingerprint density at radius 1 is 1.27 bits per heavy atom. The van der Waals surface area contributed by atoms with E-state index in [-0.39, 0.29) is 35.3 Å². The molecule has 1 N–H and O–H groups in total. The van der Waals surface area contributed by atoms with Crippen LogP contribution in [-0.4, -0.2) is 23.2 Å². The predicted octanol–water partition coefficient (Wildman–Crippen LogP) is 5.20. The number of hydrogen-bond donors (Lipinski definition) is 1. The maximum absolute atomic E-state index is 14.4. The van der Waals surface area contributed by atoms with Gasteiger partial charge in [-0.2, -0.15) is 0 Å². The summed E-state index contributed by atoms with van der Waals surface area (Å²) in [6.07, 6.45) is 1.90. The lowest BCUT2D eigenvalue weighted by molar-refractivity contribution is -0.116. The van der Waals surface area contributed by atoms with Crippen LogP contribution in [0.25, 0.3) is 0 Å². The first kappa shape index (κ1) is 20.1. The lowest BCUT2D eigenvalue weighted by Gasteiger charge is -2.27. The number of oxime groups is 1. The van der Waals surface area contributed by atoms with Gasteiger partial charge in [0.15, 0.2) is 5.78 Å². The molecule has 1 aliphatic rings. The molecular weight excluding hydrogens is 333 g/mol. The van der Waals surface area contributed by atoms with Crippen LogP contribution in [0, 0.1) is 26.6 Å². The van der Waals surface area contributed by atoms with Crippen LogP contribution in [0.5, 0.6) is 0 Å². The van der Waals surface area contributed by atoms with Crippen LogP contribution in [0.3, 0.4) is 0 Å². The summed E-state index contributed by atoms with van der Waals surface area (Å²) < 4.78 is 14.4. The normalized spacial score (nSPS) is 18.5. The highest BCUT2D eigenvalue weighted by molar-refractivity contribution is 6.23. The number of aryl methyl sites for hydroxylation is 2. The standard InChI is InChI=1S/C21H28FNO3/c1-6-8-16(23-26-7-2)20-17(24)10-15(11-18(20)25)19-12(3)9-13(4)21(22)14(19)5/h9,15,24H,6-8,10-11H2,1-5H3/b23-16+. The van der Waals surface area contributed by atoms with Crippen molar-refractivity contribution in [3.8, 4) is 0 Å². The zero-order valence-corrected chi connectivity index (χ0v) is 16.3. The molecule has 2 rings (SSSR count). The van der Waals surface area contributed by atoms with Crippen molar-refractivity contribution in [2.75, 3.05) is 6.61 Å². The molecule has 26 heavy (non-hydrogen) atoms. The van der Waals surface area contributed by atoms with E-state index >= 15 is 0 Å². The minimum absolute atomic E-state index is 0.0259. The highest BCUT2D eigenvalue weighted by atomic mass is 19.1. The second-order valence-electron chi connectivity index (χ2n) is 6.92. The lowest BCUT2D eigenvalue weighted by Crippen LogP contribution is -2.25. The molecule has 0 spiro atoms. The zero-order valence-electron chi connectivity index (χ0n) is 16.3. The number of rotatable bonds is 6. The Labute approximate surface area is 154 Å². The molecule has 1 unspecified atom stereocenters. The average molecular weight is 361 g/mol. The van der Waals surface area contributed by atoms with Crippen LogP contribution in [0.2, 0.25) is 0 Å². The number of ketones is 1. The van der Waals surface area contributed by atoms with Crippen molar-refractivity contribution in [2.45, 2.75) is 66.2 Å². The summed E-state index contributed by atoms with van der Waals surface area (Å²) in [5.41, 5.74) is 3.71. The predicted molar refractivity (Wildman–Crippen MR) is 101 cm³/mol. The van der Waals surface area contributed by atoms with Crippen LogP contribution in [0.4, 0.5) is 4.39 Å². The van der Waals surface area contributed by atoms with Gasteiger partial charge in [-0.3, -0.25) is 4.79 Å². The van der Waals surface area contributed by atoms with E-state index in [0.29, 0.717) is 36.3 Å². The van der Waals surface area contributed by atoms with Crippen LogP contribution in [-0.2, 0) is 9.63 Å². The summed E-state index contributed by atoms with van der Waals surface area (Å²) in [5.74, 6) is -0.600. The number of nitrogens with zero attached hydrogens (tertiary/aromatic N) is 1. The lowest BCUT2D eigenvalue weighted by atomic mass is 9.77. The number of benzene rings is 1. The molecule has 0 radical (unpaired) electrons. The smallest absolute Gasteiger partial charge is 0.168 e. The van der Waals surface area contributed by atoms with Crippen LogP contribution < -0.4 is 0 Å². The largest absolute Gasteiger partial charge is 0.511 e.